The number of amides is 1. The Hall–Kier alpha value is -2.08. The second-order valence-corrected chi connectivity index (χ2v) is 8.92. The van der Waals surface area contributed by atoms with Crippen molar-refractivity contribution in [1.29, 1.82) is 0 Å². The highest BCUT2D eigenvalue weighted by molar-refractivity contribution is 5.70. The van der Waals surface area contributed by atoms with E-state index >= 15 is 0 Å². The van der Waals surface area contributed by atoms with Crippen LogP contribution in [0.2, 0.25) is 0 Å². The van der Waals surface area contributed by atoms with Crippen LogP contribution in [0, 0.1) is 5.92 Å². The Labute approximate surface area is 174 Å². The number of rotatable bonds is 8. The third kappa shape index (κ3) is 8.05. The van der Waals surface area contributed by atoms with Gasteiger partial charge < -0.3 is 19.5 Å². The maximum atomic E-state index is 12.0. The topological polar surface area (TPSA) is 76.1 Å². The predicted molar refractivity (Wildman–Crippen MR) is 112 cm³/mol. The highest BCUT2D eigenvalue weighted by atomic mass is 16.6. The molecule has 0 saturated carbocycles. The molecule has 0 spiro atoms. The van der Waals surface area contributed by atoms with Crippen LogP contribution in [0.25, 0.3) is 0 Å². The largest absolute Gasteiger partial charge is 0.481 e. The van der Waals surface area contributed by atoms with E-state index in [4.69, 9.17) is 9.47 Å². The fourth-order valence-electron chi connectivity index (χ4n) is 3.61. The summed E-state index contributed by atoms with van der Waals surface area (Å²) >= 11 is 0. The molecule has 6 nitrogen and oxygen atoms in total. The van der Waals surface area contributed by atoms with Crippen LogP contribution in [0.1, 0.15) is 63.5 Å². The van der Waals surface area contributed by atoms with Gasteiger partial charge >= 0.3 is 12.1 Å². The highest BCUT2D eigenvalue weighted by Crippen LogP contribution is 2.28. The summed E-state index contributed by atoms with van der Waals surface area (Å²) < 4.78 is 10.8. The van der Waals surface area contributed by atoms with E-state index in [1.54, 1.807) is 7.05 Å². The van der Waals surface area contributed by atoms with Gasteiger partial charge in [0.15, 0.2) is 0 Å². The van der Waals surface area contributed by atoms with Crippen LogP contribution in [0.3, 0.4) is 0 Å². The van der Waals surface area contributed by atoms with Gasteiger partial charge in [-0.2, -0.15) is 0 Å². The molecule has 6 heteroatoms. The van der Waals surface area contributed by atoms with E-state index in [1.165, 1.54) is 10.5 Å². The van der Waals surface area contributed by atoms with Crippen LogP contribution in [-0.4, -0.2) is 54.5 Å². The van der Waals surface area contributed by atoms with Crippen molar-refractivity contribution < 1.29 is 24.2 Å². The smallest absolute Gasteiger partial charge is 0.410 e. The van der Waals surface area contributed by atoms with E-state index in [1.807, 2.05) is 32.9 Å². The van der Waals surface area contributed by atoms with Crippen molar-refractivity contribution in [3.8, 4) is 0 Å². The van der Waals surface area contributed by atoms with Gasteiger partial charge in [0, 0.05) is 26.8 Å². The van der Waals surface area contributed by atoms with Crippen molar-refractivity contribution in [2.24, 2.45) is 5.92 Å². The number of carboxylic acids is 1. The van der Waals surface area contributed by atoms with Gasteiger partial charge in [0.25, 0.3) is 0 Å². The van der Waals surface area contributed by atoms with E-state index in [2.05, 4.69) is 12.1 Å². The van der Waals surface area contributed by atoms with E-state index in [0.717, 1.165) is 31.6 Å². The van der Waals surface area contributed by atoms with E-state index in [9.17, 15) is 14.7 Å². The lowest BCUT2D eigenvalue weighted by atomic mass is 9.88. The molecule has 1 N–H and O–H groups in total. The number of aliphatic carboxylic acids is 1. The molecule has 1 aromatic carbocycles. The van der Waals surface area contributed by atoms with Crippen molar-refractivity contribution in [3.05, 3.63) is 35.4 Å². The Morgan fingerprint density at radius 1 is 1.28 bits per heavy atom. The predicted octanol–water partition coefficient (Wildman–Crippen LogP) is 4.47. The zero-order valence-corrected chi connectivity index (χ0v) is 18.1. The number of hydrogen-bond acceptors (Lipinski definition) is 4. The zero-order chi connectivity index (χ0) is 21.4. The summed E-state index contributed by atoms with van der Waals surface area (Å²) in [7, 11) is 1.68. The summed E-state index contributed by atoms with van der Waals surface area (Å²) in [6.07, 6.45) is 3.29. The first kappa shape index (κ1) is 23.2. The summed E-state index contributed by atoms with van der Waals surface area (Å²) in [4.78, 5) is 25.3. The van der Waals surface area contributed by atoms with Crippen molar-refractivity contribution >= 4 is 12.1 Å². The summed E-state index contributed by atoms with van der Waals surface area (Å²) in [5.74, 6) is -0.761. The zero-order valence-electron chi connectivity index (χ0n) is 18.1. The van der Waals surface area contributed by atoms with Gasteiger partial charge in [0.2, 0.25) is 0 Å². The third-order valence-electron chi connectivity index (χ3n) is 5.23. The van der Waals surface area contributed by atoms with Crippen molar-refractivity contribution in [2.45, 2.75) is 64.4 Å². The van der Waals surface area contributed by atoms with Crippen LogP contribution in [0.5, 0.6) is 0 Å². The molecule has 1 unspecified atom stereocenters. The van der Waals surface area contributed by atoms with Gasteiger partial charge in [-0.05, 0) is 69.9 Å². The van der Waals surface area contributed by atoms with Crippen LogP contribution < -0.4 is 0 Å². The van der Waals surface area contributed by atoms with E-state index < -0.39 is 17.5 Å². The molecule has 0 aliphatic carbocycles. The van der Waals surface area contributed by atoms with Crippen molar-refractivity contribution in [2.75, 3.05) is 26.8 Å². The molecule has 1 aliphatic rings. The molecule has 0 bridgehead atoms. The average Bonchev–Trinajstić information content (AvgIpc) is 2.66. The fourth-order valence-corrected chi connectivity index (χ4v) is 3.61. The lowest BCUT2D eigenvalue weighted by Gasteiger charge is -2.25. The van der Waals surface area contributed by atoms with Gasteiger partial charge in [-0.3, -0.25) is 4.79 Å². The van der Waals surface area contributed by atoms with Crippen LogP contribution in [0.4, 0.5) is 4.79 Å². The number of hydrogen-bond donors (Lipinski definition) is 1. The molecule has 0 aromatic heterocycles. The molecule has 1 amide bonds. The number of carbonyl (C=O) groups is 2. The quantitative estimate of drug-likeness (QED) is 0.690. The summed E-state index contributed by atoms with van der Waals surface area (Å²) in [5, 5.41) is 9.66. The molecule has 162 valence electrons. The number of carbonyl (C=O) groups excluding carboxylic acids is 1. The van der Waals surface area contributed by atoms with Crippen LogP contribution in [0.15, 0.2) is 24.3 Å². The Bertz CT molecular complexity index is 676. The molecular formula is C23H35NO5. The molecule has 29 heavy (non-hydrogen) atoms. The summed E-state index contributed by atoms with van der Waals surface area (Å²) in [6.45, 7) is 7.53. The van der Waals surface area contributed by atoms with Gasteiger partial charge in [-0.1, -0.05) is 24.3 Å². The van der Waals surface area contributed by atoms with Crippen molar-refractivity contribution in [3.63, 3.8) is 0 Å². The first-order chi connectivity index (χ1) is 13.7. The van der Waals surface area contributed by atoms with Crippen LogP contribution >= 0.6 is 0 Å². The Morgan fingerprint density at radius 3 is 2.59 bits per heavy atom. The van der Waals surface area contributed by atoms with Gasteiger partial charge in [0.05, 0.1) is 5.92 Å². The number of benzene rings is 1. The minimum atomic E-state index is -0.790. The van der Waals surface area contributed by atoms with Crippen LogP contribution in [-0.2, 0) is 20.7 Å². The number of carboxylic acid groups (broad SMARTS) is 1. The minimum absolute atomic E-state index is 0.381. The Balaban J connectivity index is 1.88. The molecule has 1 saturated heterocycles. The molecule has 1 aliphatic heterocycles. The van der Waals surface area contributed by atoms with Crippen molar-refractivity contribution in [1.82, 2.24) is 4.90 Å². The molecule has 0 radical (unpaired) electrons. The second-order valence-electron chi connectivity index (χ2n) is 8.92. The van der Waals surface area contributed by atoms with E-state index in [0.29, 0.717) is 31.7 Å². The molecule has 1 atom stereocenters. The monoisotopic (exact) mass is 405 g/mol. The maximum absolute atomic E-state index is 12.0. The SMILES string of the molecule is CN(CCCC(Cc1cccc(C2CCOCC2)c1)C(=O)O)C(=O)OC(C)(C)C. The summed E-state index contributed by atoms with van der Waals surface area (Å²) in [5.41, 5.74) is 1.80. The standard InChI is InChI=1S/C23H35NO5/c1-23(2,3)29-22(27)24(4)12-6-9-20(21(25)26)16-17-7-5-8-19(15-17)18-10-13-28-14-11-18/h5,7-8,15,18,20H,6,9-14,16H2,1-4H3,(H,25,26). The lowest BCUT2D eigenvalue weighted by molar-refractivity contribution is -0.142. The fraction of sp³-hybridized carbons (Fsp3) is 0.652. The molecule has 1 fully saturated rings. The van der Waals surface area contributed by atoms with Gasteiger partial charge in [0.1, 0.15) is 5.60 Å². The Kier molecular flexibility index (Phi) is 8.50. The van der Waals surface area contributed by atoms with E-state index in [-0.39, 0.29) is 6.09 Å². The highest BCUT2D eigenvalue weighted by Gasteiger charge is 2.22. The molecule has 2 rings (SSSR count). The summed E-state index contributed by atoms with van der Waals surface area (Å²) in [6, 6.07) is 8.31. The lowest BCUT2D eigenvalue weighted by Crippen LogP contribution is -2.35. The second kappa shape index (κ2) is 10.6. The average molecular weight is 406 g/mol. The third-order valence-corrected chi connectivity index (χ3v) is 5.23. The first-order valence-corrected chi connectivity index (χ1v) is 10.5. The molecular weight excluding hydrogens is 370 g/mol. The Morgan fingerprint density at radius 2 is 1.97 bits per heavy atom. The number of nitrogens with zero attached hydrogens (tertiary/aromatic N) is 1. The van der Waals surface area contributed by atoms with Gasteiger partial charge in [-0.15, -0.1) is 0 Å². The molecule has 1 aromatic rings. The molecule has 1 heterocycles. The first-order valence-electron chi connectivity index (χ1n) is 10.5. The number of ether oxygens (including phenoxy) is 2. The maximum Gasteiger partial charge on any atom is 0.410 e. The minimum Gasteiger partial charge on any atom is -0.481 e. The normalized spacial score (nSPS) is 16.3. The van der Waals surface area contributed by atoms with Gasteiger partial charge in [-0.25, -0.2) is 4.79 Å².